The lowest BCUT2D eigenvalue weighted by molar-refractivity contribution is -0.137. The van der Waals surface area contributed by atoms with Crippen LogP contribution >= 0.6 is 11.6 Å². The fourth-order valence-electron chi connectivity index (χ4n) is 5.17. The normalized spacial score (nSPS) is 16.7. The average molecular weight is 587 g/mol. The fraction of sp³-hybridized carbons (Fsp3) is 0.207. The number of benzene rings is 3. The monoisotopic (exact) mass is 586 g/mol. The molecule has 12 heteroatoms. The first kappa shape index (κ1) is 26.9. The standard InChI is InChI=1S/C29H20ClF5N4O2/c30-21-5-4-15(31)11-20(21)25-24-22(38-27(40)13-8-14(29(33,34)35)10-16(32)9-13)12-19-18(23(24)28(41)39-25)6-7-36-26(19)37-17-2-1-3-17/h4-12,17,25H,1-3H2,(H,36,37)(H,38,40)(H,39,41). The predicted molar refractivity (Wildman–Crippen MR) is 143 cm³/mol. The number of fused-ring (bicyclic) bond motifs is 3. The van der Waals surface area contributed by atoms with Crippen LogP contribution in [0.1, 0.15) is 62.7 Å². The van der Waals surface area contributed by atoms with Crippen molar-refractivity contribution in [1.82, 2.24) is 10.3 Å². The zero-order chi connectivity index (χ0) is 29.1. The molecule has 3 N–H and O–H groups in total. The quantitative estimate of drug-likeness (QED) is 0.215. The highest BCUT2D eigenvalue weighted by Gasteiger charge is 2.37. The summed E-state index contributed by atoms with van der Waals surface area (Å²) in [5, 5.41) is 9.78. The number of hydrogen-bond acceptors (Lipinski definition) is 4. The van der Waals surface area contributed by atoms with Crippen LogP contribution in [0.2, 0.25) is 5.02 Å². The molecule has 4 aromatic rings. The molecule has 3 aromatic carbocycles. The molecule has 0 spiro atoms. The lowest BCUT2D eigenvalue weighted by Crippen LogP contribution is -2.27. The predicted octanol–water partition coefficient (Wildman–Crippen LogP) is 7.23. The van der Waals surface area contributed by atoms with Gasteiger partial charge < -0.3 is 16.0 Å². The number of carbonyl (C=O) groups is 2. The molecule has 0 radical (unpaired) electrons. The van der Waals surface area contributed by atoms with Crippen LogP contribution in [-0.2, 0) is 6.18 Å². The molecule has 2 heterocycles. The van der Waals surface area contributed by atoms with E-state index >= 15 is 0 Å². The topological polar surface area (TPSA) is 83.1 Å². The zero-order valence-electron chi connectivity index (χ0n) is 21.0. The summed E-state index contributed by atoms with van der Waals surface area (Å²) in [6, 6.07) is 7.47. The van der Waals surface area contributed by atoms with Crippen molar-refractivity contribution < 1.29 is 31.5 Å². The third-order valence-electron chi connectivity index (χ3n) is 7.35. The van der Waals surface area contributed by atoms with Gasteiger partial charge in [0.2, 0.25) is 0 Å². The van der Waals surface area contributed by atoms with Crippen molar-refractivity contribution in [2.45, 2.75) is 37.5 Å². The van der Waals surface area contributed by atoms with Gasteiger partial charge in [-0.15, -0.1) is 0 Å². The smallest absolute Gasteiger partial charge is 0.367 e. The van der Waals surface area contributed by atoms with Crippen LogP contribution in [0.5, 0.6) is 0 Å². The molecular weight excluding hydrogens is 567 g/mol. The molecule has 1 atom stereocenters. The minimum Gasteiger partial charge on any atom is -0.367 e. The van der Waals surface area contributed by atoms with Gasteiger partial charge in [0.05, 0.1) is 17.2 Å². The summed E-state index contributed by atoms with van der Waals surface area (Å²) in [5.41, 5.74) is -1.26. The summed E-state index contributed by atoms with van der Waals surface area (Å²) in [4.78, 5) is 31.1. The largest absolute Gasteiger partial charge is 0.416 e. The van der Waals surface area contributed by atoms with Gasteiger partial charge in [-0.25, -0.2) is 13.8 Å². The highest BCUT2D eigenvalue weighted by molar-refractivity contribution is 6.31. The number of aromatic nitrogens is 1. The van der Waals surface area contributed by atoms with Crippen molar-refractivity contribution in [2.24, 2.45) is 0 Å². The Morgan fingerprint density at radius 2 is 1.78 bits per heavy atom. The molecule has 41 heavy (non-hydrogen) atoms. The number of nitrogens with zero attached hydrogens (tertiary/aromatic N) is 1. The molecule has 1 unspecified atom stereocenters. The van der Waals surface area contributed by atoms with E-state index in [9.17, 15) is 31.5 Å². The van der Waals surface area contributed by atoms with E-state index in [1.165, 1.54) is 12.3 Å². The van der Waals surface area contributed by atoms with Gasteiger partial charge in [-0.2, -0.15) is 13.2 Å². The van der Waals surface area contributed by atoms with Crippen molar-refractivity contribution in [2.75, 3.05) is 10.6 Å². The van der Waals surface area contributed by atoms with E-state index in [-0.39, 0.29) is 33.4 Å². The summed E-state index contributed by atoms with van der Waals surface area (Å²) < 4.78 is 68.4. The molecule has 0 bridgehead atoms. The second-order valence-corrected chi connectivity index (χ2v) is 10.4. The molecule has 1 saturated carbocycles. The summed E-state index contributed by atoms with van der Waals surface area (Å²) in [5.74, 6) is -2.98. The number of carbonyl (C=O) groups excluding carboxylic acids is 2. The van der Waals surface area contributed by atoms with Gasteiger partial charge in [0.25, 0.3) is 11.8 Å². The average Bonchev–Trinajstić information content (AvgIpc) is 3.24. The highest BCUT2D eigenvalue weighted by atomic mass is 35.5. The molecule has 6 rings (SSSR count). The van der Waals surface area contributed by atoms with Crippen LogP contribution in [0.4, 0.5) is 33.5 Å². The van der Waals surface area contributed by atoms with Crippen molar-refractivity contribution >= 4 is 45.7 Å². The van der Waals surface area contributed by atoms with Gasteiger partial charge in [-0.3, -0.25) is 9.59 Å². The molecule has 1 aromatic heterocycles. The van der Waals surface area contributed by atoms with Gasteiger partial charge in [0, 0.05) is 50.4 Å². The number of alkyl halides is 3. The number of pyridine rings is 1. The van der Waals surface area contributed by atoms with E-state index in [1.807, 2.05) is 0 Å². The lowest BCUT2D eigenvalue weighted by atomic mass is 9.91. The number of hydrogen-bond donors (Lipinski definition) is 3. The van der Waals surface area contributed by atoms with Crippen LogP contribution in [0.3, 0.4) is 0 Å². The highest BCUT2D eigenvalue weighted by Crippen LogP contribution is 2.44. The molecule has 1 aliphatic carbocycles. The second kappa shape index (κ2) is 9.99. The van der Waals surface area contributed by atoms with E-state index in [0.717, 1.165) is 31.4 Å². The molecule has 1 aliphatic heterocycles. The second-order valence-electron chi connectivity index (χ2n) is 9.99. The molecule has 2 amide bonds. The Labute approximate surface area is 234 Å². The maximum atomic E-state index is 14.3. The third-order valence-corrected chi connectivity index (χ3v) is 7.69. The Morgan fingerprint density at radius 3 is 2.49 bits per heavy atom. The van der Waals surface area contributed by atoms with E-state index in [2.05, 4.69) is 20.9 Å². The van der Waals surface area contributed by atoms with Gasteiger partial charge in [0.1, 0.15) is 17.5 Å². The zero-order valence-corrected chi connectivity index (χ0v) is 21.8. The van der Waals surface area contributed by atoms with Crippen LogP contribution in [-0.4, -0.2) is 22.8 Å². The molecule has 6 nitrogen and oxygen atoms in total. The Hall–Kier alpha value is -4.25. The Bertz CT molecular complexity index is 1740. The van der Waals surface area contributed by atoms with Crippen LogP contribution in [0.25, 0.3) is 10.8 Å². The van der Waals surface area contributed by atoms with Crippen LogP contribution in [0.15, 0.2) is 54.7 Å². The molecule has 0 saturated heterocycles. The fourth-order valence-corrected chi connectivity index (χ4v) is 5.40. The third kappa shape index (κ3) is 4.94. The molecule has 2 aliphatic rings. The first-order valence-corrected chi connectivity index (χ1v) is 13.0. The van der Waals surface area contributed by atoms with Gasteiger partial charge in [0.15, 0.2) is 0 Å². The number of anilines is 2. The van der Waals surface area contributed by atoms with Crippen LogP contribution in [0, 0.1) is 11.6 Å². The summed E-state index contributed by atoms with van der Waals surface area (Å²) in [7, 11) is 0. The first-order chi connectivity index (χ1) is 19.5. The first-order valence-electron chi connectivity index (χ1n) is 12.7. The lowest BCUT2D eigenvalue weighted by Gasteiger charge is -2.27. The minimum atomic E-state index is -4.88. The Balaban J connectivity index is 1.53. The van der Waals surface area contributed by atoms with E-state index < -0.39 is 46.8 Å². The maximum absolute atomic E-state index is 14.3. The minimum absolute atomic E-state index is 0.0451. The van der Waals surface area contributed by atoms with Gasteiger partial charge in [-0.05, 0) is 67.8 Å². The van der Waals surface area contributed by atoms with E-state index in [1.54, 1.807) is 12.1 Å². The van der Waals surface area contributed by atoms with Crippen molar-refractivity contribution in [3.63, 3.8) is 0 Å². The summed E-state index contributed by atoms with van der Waals surface area (Å²) in [6.07, 6.45) is -0.457. The molecule has 210 valence electrons. The maximum Gasteiger partial charge on any atom is 0.416 e. The number of rotatable bonds is 5. The van der Waals surface area contributed by atoms with Crippen molar-refractivity contribution in [1.29, 1.82) is 0 Å². The SMILES string of the molecule is O=C(Nc1cc2c(NC3CCC3)nccc2c2c1C(c1cc(F)ccc1Cl)NC2=O)c1cc(F)cc(C(F)(F)F)c1. The van der Waals surface area contributed by atoms with E-state index in [4.69, 9.17) is 11.6 Å². The molecule has 1 fully saturated rings. The molecular formula is C29H20ClF5N4O2. The number of halogens is 6. The summed E-state index contributed by atoms with van der Waals surface area (Å²) in [6.45, 7) is 0. The number of nitrogens with one attached hydrogen (secondary N) is 3. The van der Waals surface area contributed by atoms with Crippen LogP contribution < -0.4 is 16.0 Å². The van der Waals surface area contributed by atoms with Crippen molar-refractivity contribution in [3.8, 4) is 0 Å². The summed E-state index contributed by atoms with van der Waals surface area (Å²) >= 11 is 6.37. The van der Waals surface area contributed by atoms with Gasteiger partial charge >= 0.3 is 6.18 Å². The Kier molecular flexibility index (Phi) is 6.56. The van der Waals surface area contributed by atoms with E-state index in [0.29, 0.717) is 34.8 Å². The number of amides is 2. The Morgan fingerprint density at radius 1 is 1.00 bits per heavy atom. The van der Waals surface area contributed by atoms with Crippen molar-refractivity contribution in [3.05, 3.63) is 99.2 Å². The van der Waals surface area contributed by atoms with Gasteiger partial charge in [-0.1, -0.05) is 11.6 Å².